The van der Waals surface area contributed by atoms with Crippen molar-refractivity contribution in [2.24, 2.45) is 18.4 Å². The number of hydrogen-bond donors (Lipinski definition) is 0. The Morgan fingerprint density at radius 3 is 2.32 bits per heavy atom. The molecule has 0 bridgehead atoms. The highest BCUT2D eigenvalue weighted by Gasteiger charge is 2.35. The van der Waals surface area contributed by atoms with Crippen molar-refractivity contribution in [1.29, 1.82) is 0 Å². The smallest absolute Gasteiger partial charge is 0.338 e. The van der Waals surface area contributed by atoms with E-state index in [1.54, 1.807) is 0 Å². The number of fused-ring (bicyclic) bond motifs is 1. The van der Waals surface area contributed by atoms with Crippen LogP contribution >= 0.6 is 0 Å². The highest BCUT2D eigenvalue weighted by molar-refractivity contribution is 5.89. The van der Waals surface area contributed by atoms with E-state index in [9.17, 15) is 4.79 Å². The summed E-state index contributed by atoms with van der Waals surface area (Å²) in [5.41, 5.74) is 4.30. The highest BCUT2D eigenvalue weighted by Crippen LogP contribution is 2.42. The number of ether oxygens (including phenoxy) is 1. The van der Waals surface area contributed by atoms with Gasteiger partial charge in [-0.2, -0.15) is 0 Å². The number of aromatic nitrogens is 2. The van der Waals surface area contributed by atoms with Crippen molar-refractivity contribution in [2.75, 3.05) is 11.5 Å². The second-order valence-corrected chi connectivity index (χ2v) is 10.8. The molecule has 182 valence electrons. The number of benzene rings is 2. The zero-order valence-electron chi connectivity index (χ0n) is 21.5. The molecular formula is C29H39N3O2. The minimum absolute atomic E-state index is 0.128. The molecule has 0 amide bonds. The van der Waals surface area contributed by atoms with Gasteiger partial charge in [-0.3, -0.25) is 0 Å². The summed E-state index contributed by atoms with van der Waals surface area (Å²) in [5.74, 6) is 1.50. The fourth-order valence-corrected chi connectivity index (χ4v) is 5.51. The Balaban J connectivity index is 1.68. The number of rotatable bonds is 6. The molecule has 1 fully saturated rings. The van der Waals surface area contributed by atoms with Gasteiger partial charge in [-0.05, 0) is 80.7 Å². The van der Waals surface area contributed by atoms with E-state index in [1.165, 1.54) is 18.4 Å². The summed E-state index contributed by atoms with van der Waals surface area (Å²) in [6.45, 7) is 11.6. The van der Waals surface area contributed by atoms with Crippen molar-refractivity contribution >= 4 is 23.0 Å². The van der Waals surface area contributed by atoms with E-state index in [0.717, 1.165) is 35.7 Å². The van der Waals surface area contributed by atoms with Crippen molar-refractivity contribution in [3.63, 3.8) is 0 Å². The standard InChI is InChI=1S/C29H39N3O2/c1-7-34-27(33)22-14-12-21(13-15-22)20(2)32(24-18-16-23(17-19-24)29(3,4)5)28-30-25-10-8-9-11-26(25)31(28)6/h8-15,20,23-24H,7,16-19H2,1-6H3/t20?,23-,24-. The Kier molecular flexibility index (Phi) is 7.01. The fraction of sp³-hybridized carbons (Fsp3) is 0.517. The lowest BCUT2D eigenvalue weighted by Gasteiger charge is -2.43. The first-order valence-corrected chi connectivity index (χ1v) is 12.7. The number of carbonyl (C=O) groups is 1. The van der Waals surface area contributed by atoms with E-state index in [2.05, 4.69) is 80.6 Å². The van der Waals surface area contributed by atoms with E-state index < -0.39 is 0 Å². The first-order chi connectivity index (χ1) is 16.2. The molecule has 1 saturated carbocycles. The first kappa shape index (κ1) is 24.3. The van der Waals surface area contributed by atoms with Crippen molar-refractivity contribution < 1.29 is 9.53 Å². The number of imidazole rings is 1. The zero-order valence-corrected chi connectivity index (χ0v) is 21.5. The Labute approximate surface area is 204 Å². The second-order valence-electron chi connectivity index (χ2n) is 10.8. The number of anilines is 1. The molecule has 1 aliphatic carbocycles. The molecule has 0 radical (unpaired) electrons. The van der Waals surface area contributed by atoms with Crippen LogP contribution in [0.3, 0.4) is 0 Å². The zero-order chi connectivity index (χ0) is 24.5. The minimum Gasteiger partial charge on any atom is -0.462 e. The van der Waals surface area contributed by atoms with Gasteiger partial charge < -0.3 is 14.2 Å². The average molecular weight is 462 g/mol. The number of nitrogens with zero attached hydrogens (tertiary/aromatic N) is 3. The van der Waals surface area contributed by atoms with Gasteiger partial charge in [0.1, 0.15) is 0 Å². The van der Waals surface area contributed by atoms with Crippen LogP contribution in [-0.4, -0.2) is 28.2 Å². The molecule has 0 spiro atoms. The van der Waals surface area contributed by atoms with Crippen molar-refractivity contribution in [3.8, 4) is 0 Å². The topological polar surface area (TPSA) is 47.4 Å². The Morgan fingerprint density at radius 1 is 1.09 bits per heavy atom. The van der Waals surface area contributed by atoms with Crippen LogP contribution in [0.1, 0.15) is 82.3 Å². The predicted molar refractivity (Wildman–Crippen MR) is 139 cm³/mol. The molecule has 0 saturated heterocycles. The van der Waals surface area contributed by atoms with Gasteiger partial charge in [-0.1, -0.05) is 45.0 Å². The average Bonchev–Trinajstić information content (AvgIpc) is 3.15. The Bertz CT molecular complexity index is 1120. The third-order valence-electron chi connectivity index (χ3n) is 7.63. The molecule has 0 aliphatic heterocycles. The number of aryl methyl sites for hydroxylation is 1. The molecular weight excluding hydrogens is 422 g/mol. The molecule has 1 unspecified atom stereocenters. The van der Waals surface area contributed by atoms with Crippen molar-refractivity contribution in [3.05, 3.63) is 59.7 Å². The molecule has 34 heavy (non-hydrogen) atoms. The highest BCUT2D eigenvalue weighted by atomic mass is 16.5. The number of carbonyl (C=O) groups excluding carboxylic acids is 1. The quantitative estimate of drug-likeness (QED) is 0.374. The third-order valence-corrected chi connectivity index (χ3v) is 7.63. The van der Waals surface area contributed by atoms with E-state index in [0.29, 0.717) is 23.6 Å². The van der Waals surface area contributed by atoms with Crippen LogP contribution in [-0.2, 0) is 11.8 Å². The summed E-state index contributed by atoms with van der Waals surface area (Å²) in [5, 5.41) is 0. The first-order valence-electron chi connectivity index (χ1n) is 12.7. The normalized spacial score (nSPS) is 19.7. The summed E-state index contributed by atoms with van der Waals surface area (Å²) >= 11 is 0. The summed E-state index contributed by atoms with van der Waals surface area (Å²) < 4.78 is 7.40. The molecule has 5 nitrogen and oxygen atoms in total. The van der Waals surface area contributed by atoms with Gasteiger partial charge in [0.25, 0.3) is 0 Å². The van der Waals surface area contributed by atoms with Gasteiger partial charge in [0.05, 0.1) is 29.2 Å². The fourth-order valence-electron chi connectivity index (χ4n) is 5.51. The predicted octanol–water partition coefficient (Wildman–Crippen LogP) is 6.92. The molecule has 3 aromatic rings. The minimum atomic E-state index is -0.269. The van der Waals surface area contributed by atoms with Gasteiger partial charge in [0, 0.05) is 13.1 Å². The van der Waals surface area contributed by atoms with Gasteiger partial charge >= 0.3 is 5.97 Å². The SMILES string of the molecule is CCOC(=O)c1ccc(C(C)N(c2nc3ccccc3n2C)[C@H]2CC[C@H](C(C)(C)C)CC2)cc1. The lowest BCUT2D eigenvalue weighted by atomic mass is 9.71. The summed E-state index contributed by atoms with van der Waals surface area (Å²) in [7, 11) is 2.12. The van der Waals surface area contributed by atoms with Crippen molar-refractivity contribution in [1.82, 2.24) is 9.55 Å². The van der Waals surface area contributed by atoms with Crippen molar-refractivity contribution in [2.45, 2.75) is 72.4 Å². The van der Waals surface area contributed by atoms with Crippen LogP contribution in [0, 0.1) is 11.3 Å². The summed E-state index contributed by atoms with van der Waals surface area (Å²) in [6, 6.07) is 16.8. The molecule has 1 aromatic heterocycles. The second kappa shape index (κ2) is 9.81. The number of para-hydroxylation sites is 2. The number of esters is 1. The largest absolute Gasteiger partial charge is 0.462 e. The van der Waals surface area contributed by atoms with E-state index in [1.807, 2.05) is 19.1 Å². The maximum Gasteiger partial charge on any atom is 0.338 e. The molecule has 0 N–H and O–H groups in total. The summed E-state index contributed by atoms with van der Waals surface area (Å²) in [4.78, 5) is 19.8. The third kappa shape index (κ3) is 4.84. The van der Waals surface area contributed by atoms with Gasteiger partial charge in [-0.25, -0.2) is 9.78 Å². The van der Waals surface area contributed by atoms with E-state index >= 15 is 0 Å². The molecule has 1 atom stereocenters. The molecule has 2 aromatic carbocycles. The maximum atomic E-state index is 12.1. The summed E-state index contributed by atoms with van der Waals surface area (Å²) in [6.07, 6.45) is 4.80. The van der Waals surface area contributed by atoms with Crippen LogP contribution in [0.5, 0.6) is 0 Å². The Hall–Kier alpha value is -2.82. The van der Waals surface area contributed by atoms with Gasteiger partial charge in [0.2, 0.25) is 5.95 Å². The van der Waals surface area contributed by atoms with Crippen LogP contribution in [0.15, 0.2) is 48.5 Å². The van der Waals surface area contributed by atoms with Crippen LogP contribution in [0.2, 0.25) is 0 Å². The molecule has 5 heteroatoms. The lowest BCUT2D eigenvalue weighted by molar-refractivity contribution is 0.0526. The van der Waals surface area contributed by atoms with Gasteiger partial charge in [0.15, 0.2) is 0 Å². The molecule has 4 rings (SSSR count). The van der Waals surface area contributed by atoms with E-state index in [4.69, 9.17) is 9.72 Å². The lowest BCUT2D eigenvalue weighted by Crippen LogP contribution is -2.42. The Morgan fingerprint density at radius 2 is 1.74 bits per heavy atom. The van der Waals surface area contributed by atoms with Gasteiger partial charge in [-0.15, -0.1) is 0 Å². The number of hydrogen-bond acceptors (Lipinski definition) is 4. The van der Waals surface area contributed by atoms with Crippen LogP contribution in [0.4, 0.5) is 5.95 Å². The van der Waals surface area contributed by atoms with Crippen LogP contribution < -0.4 is 4.90 Å². The van der Waals surface area contributed by atoms with Crippen LogP contribution in [0.25, 0.3) is 11.0 Å². The maximum absolute atomic E-state index is 12.1. The molecule has 1 aliphatic rings. The monoisotopic (exact) mass is 461 g/mol. The molecule has 1 heterocycles. The van der Waals surface area contributed by atoms with E-state index in [-0.39, 0.29) is 12.0 Å².